The van der Waals surface area contributed by atoms with Crippen LogP contribution in [0.5, 0.6) is 0 Å². The SMILES string of the molecule is [2H]c1c(F)c(F)c(F)c([2H])c1-c1ccc(-c2ccc(CCC)cc2)cc1F. The third kappa shape index (κ3) is 3.58. The van der Waals surface area contributed by atoms with Crippen molar-refractivity contribution < 1.29 is 20.3 Å². The molecule has 4 heteroatoms. The quantitative estimate of drug-likeness (QED) is 0.372. The lowest BCUT2D eigenvalue weighted by atomic mass is 9.98. The molecule has 0 bridgehead atoms. The fraction of sp³-hybridized carbons (Fsp3) is 0.143. The Kier molecular flexibility index (Phi) is 4.17. The van der Waals surface area contributed by atoms with Gasteiger partial charge in [-0.1, -0.05) is 49.7 Å². The summed E-state index contributed by atoms with van der Waals surface area (Å²) < 4.78 is 70.6. The van der Waals surface area contributed by atoms with Crippen molar-refractivity contribution in [3.05, 3.63) is 83.4 Å². The maximum absolute atomic E-state index is 14.6. The van der Waals surface area contributed by atoms with E-state index >= 15 is 0 Å². The zero-order chi connectivity index (χ0) is 19.7. The fourth-order valence-corrected chi connectivity index (χ4v) is 2.64. The van der Waals surface area contributed by atoms with Crippen LogP contribution in [0.25, 0.3) is 22.3 Å². The zero-order valence-corrected chi connectivity index (χ0v) is 13.5. The Bertz CT molecular complexity index is 969. The highest BCUT2D eigenvalue weighted by Gasteiger charge is 2.14. The predicted molar refractivity (Wildman–Crippen MR) is 91.1 cm³/mol. The van der Waals surface area contributed by atoms with Crippen molar-refractivity contribution >= 4 is 0 Å². The maximum Gasteiger partial charge on any atom is 0.194 e. The molecule has 0 atom stereocenters. The van der Waals surface area contributed by atoms with Crippen molar-refractivity contribution in [3.63, 3.8) is 0 Å². The van der Waals surface area contributed by atoms with Crippen LogP contribution in [-0.4, -0.2) is 0 Å². The summed E-state index contributed by atoms with van der Waals surface area (Å²) in [4.78, 5) is 0. The van der Waals surface area contributed by atoms with Gasteiger partial charge in [0.1, 0.15) is 5.82 Å². The van der Waals surface area contributed by atoms with E-state index in [9.17, 15) is 17.6 Å². The first kappa shape index (κ1) is 14.7. The largest absolute Gasteiger partial charge is 0.206 e. The molecule has 3 aromatic rings. The molecular formula is C21H16F4. The lowest BCUT2D eigenvalue weighted by Crippen LogP contribution is -1.94. The number of halogens is 4. The molecule has 0 fully saturated rings. The first-order chi connectivity index (χ1) is 12.8. The van der Waals surface area contributed by atoms with Crippen LogP contribution in [0.1, 0.15) is 21.6 Å². The average molecular weight is 346 g/mol. The number of hydrogen-bond donors (Lipinski definition) is 0. The molecule has 0 amide bonds. The van der Waals surface area contributed by atoms with Gasteiger partial charge in [-0.05, 0) is 46.8 Å². The highest BCUT2D eigenvalue weighted by Crippen LogP contribution is 2.30. The van der Waals surface area contributed by atoms with Crippen molar-refractivity contribution in [2.45, 2.75) is 19.8 Å². The first-order valence-electron chi connectivity index (χ1n) is 8.88. The Morgan fingerprint density at radius 3 is 1.92 bits per heavy atom. The molecule has 0 saturated carbocycles. The molecular weight excluding hydrogens is 328 g/mol. The van der Waals surface area contributed by atoms with E-state index in [0.717, 1.165) is 24.0 Å². The minimum absolute atomic E-state index is 0.325. The Morgan fingerprint density at radius 1 is 0.760 bits per heavy atom. The van der Waals surface area contributed by atoms with E-state index in [1.54, 1.807) is 0 Å². The molecule has 0 radical (unpaired) electrons. The van der Waals surface area contributed by atoms with Crippen LogP contribution in [0, 0.1) is 23.3 Å². The molecule has 0 N–H and O–H groups in total. The van der Waals surface area contributed by atoms with Gasteiger partial charge in [-0.3, -0.25) is 0 Å². The van der Waals surface area contributed by atoms with E-state index in [0.29, 0.717) is 5.56 Å². The second-order valence-electron chi connectivity index (χ2n) is 5.71. The summed E-state index contributed by atoms with van der Waals surface area (Å²) in [5.74, 6) is -6.24. The van der Waals surface area contributed by atoms with Gasteiger partial charge >= 0.3 is 0 Å². The van der Waals surface area contributed by atoms with Gasteiger partial charge in [-0.15, -0.1) is 0 Å². The molecule has 0 aliphatic carbocycles. The molecule has 0 nitrogen and oxygen atoms in total. The van der Waals surface area contributed by atoms with Crippen LogP contribution < -0.4 is 0 Å². The molecule has 3 aromatic carbocycles. The molecule has 128 valence electrons. The van der Waals surface area contributed by atoms with Crippen molar-refractivity contribution in [2.75, 3.05) is 0 Å². The number of aryl methyl sites for hydroxylation is 1. The van der Waals surface area contributed by atoms with Gasteiger partial charge in [-0.25, -0.2) is 17.6 Å². The molecule has 25 heavy (non-hydrogen) atoms. The lowest BCUT2D eigenvalue weighted by molar-refractivity contribution is 0.447. The topological polar surface area (TPSA) is 0 Å². The fourth-order valence-electron chi connectivity index (χ4n) is 2.64. The van der Waals surface area contributed by atoms with E-state index in [-0.39, 0.29) is 5.56 Å². The minimum atomic E-state index is -1.90. The first-order valence-corrected chi connectivity index (χ1v) is 7.88. The van der Waals surface area contributed by atoms with Gasteiger partial charge in [0.15, 0.2) is 17.5 Å². The number of rotatable bonds is 4. The highest BCUT2D eigenvalue weighted by molar-refractivity contribution is 5.71. The summed E-state index contributed by atoms with van der Waals surface area (Å²) in [5.41, 5.74) is 1.52. The van der Waals surface area contributed by atoms with E-state index in [4.69, 9.17) is 2.74 Å². The summed E-state index contributed by atoms with van der Waals surface area (Å²) in [6.07, 6.45) is 1.95. The van der Waals surface area contributed by atoms with E-state index < -0.39 is 40.9 Å². The normalized spacial score (nSPS) is 12.0. The lowest BCUT2D eigenvalue weighted by Gasteiger charge is -2.09. The second-order valence-corrected chi connectivity index (χ2v) is 5.71. The van der Waals surface area contributed by atoms with Crippen molar-refractivity contribution in [1.82, 2.24) is 0 Å². The number of hydrogen-bond acceptors (Lipinski definition) is 0. The molecule has 0 aromatic heterocycles. The third-order valence-electron chi connectivity index (χ3n) is 3.92. The Hall–Kier alpha value is -2.62. The van der Waals surface area contributed by atoms with Gasteiger partial charge in [0.05, 0.1) is 2.74 Å². The molecule has 0 spiro atoms. The summed E-state index contributed by atoms with van der Waals surface area (Å²) in [5, 5.41) is 0. The Morgan fingerprint density at radius 2 is 1.36 bits per heavy atom. The predicted octanol–water partition coefficient (Wildman–Crippen LogP) is 6.53. The molecule has 0 aliphatic rings. The van der Waals surface area contributed by atoms with Gasteiger partial charge in [0, 0.05) is 5.56 Å². The highest BCUT2D eigenvalue weighted by atomic mass is 19.2. The molecule has 0 heterocycles. The smallest absolute Gasteiger partial charge is 0.194 e. The van der Waals surface area contributed by atoms with Crippen LogP contribution in [0.3, 0.4) is 0 Å². The Balaban J connectivity index is 2.06. The van der Waals surface area contributed by atoms with E-state index in [2.05, 4.69) is 6.92 Å². The van der Waals surface area contributed by atoms with E-state index in [1.165, 1.54) is 18.2 Å². The van der Waals surface area contributed by atoms with E-state index in [1.807, 2.05) is 24.3 Å². The molecule has 0 aliphatic heterocycles. The average Bonchev–Trinajstić information content (AvgIpc) is 2.67. The number of benzene rings is 3. The van der Waals surface area contributed by atoms with Crippen molar-refractivity contribution in [3.8, 4) is 22.3 Å². The third-order valence-corrected chi connectivity index (χ3v) is 3.92. The van der Waals surface area contributed by atoms with Gasteiger partial charge < -0.3 is 0 Å². The summed E-state index contributed by atoms with van der Waals surface area (Å²) >= 11 is 0. The summed E-state index contributed by atoms with van der Waals surface area (Å²) in [7, 11) is 0. The van der Waals surface area contributed by atoms with Crippen molar-refractivity contribution in [2.24, 2.45) is 0 Å². The summed E-state index contributed by atoms with van der Waals surface area (Å²) in [6, 6.07) is 9.44. The van der Waals surface area contributed by atoms with Crippen LogP contribution in [0.4, 0.5) is 17.6 Å². The van der Waals surface area contributed by atoms with Crippen LogP contribution in [0.2, 0.25) is 0 Å². The van der Waals surface area contributed by atoms with Gasteiger partial charge in [0.2, 0.25) is 0 Å². The molecule has 0 unspecified atom stereocenters. The molecule has 0 saturated heterocycles. The zero-order valence-electron chi connectivity index (χ0n) is 15.5. The maximum atomic E-state index is 14.6. The van der Waals surface area contributed by atoms with Crippen LogP contribution in [-0.2, 0) is 6.42 Å². The standard InChI is InChI=1S/C21H16F4/c1-2-3-13-4-6-14(7-5-13)15-8-9-17(18(22)10-15)16-11-19(23)21(25)20(24)12-16/h4-12H,2-3H2,1H3/i11D,12D. The van der Waals surface area contributed by atoms with Crippen molar-refractivity contribution in [1.29, 1.82) is 0 Å². The van der Waals surface area contributed by atoms with Crippen LogP contribution in [0.15, 0.2) is 54.5 Å². The molecule has 3 rings (SSSR count). The Labute approximate surface area is 146 Å². The van der Waals surface area contributed by atoms with Gasteiger partial charge in [-0.2, -0.15) is 0 Å². The monoisotopic (exact) mass is 346 g/mol. The van der Waals surface area contributed by atoms with Crippen LogP contribution >= 0.6 is 0 Å². The van der Waals surface area contributed by atoms with Gasteiger partial charge in [0.25, 0.3) is 0 Å². The summed E-state index contributed by atoms with van der Waals surface area (Å²) in [6.45, 7) is 2.07. The minimum Gasteiger partial charge on any atom is -0.206 e. The second kappa shape index (κ2) is 7.09.